The van der Waals surface area contributed by atoms with Gasteiger partial charge in [-0.1, -0.05) is 64.5 Å². The van der Waals surface area contributed by atoms with Crippen molar-refractivity contribution in [2.45, 2.75) is 6.04 Å². The number of hydrogen-bond donors (Lipinski definition) is 2. The summed E-state index contributed by atoms with van der Waals surface area (Å²) in [6.45, 7) is 0. The van der Waals surface area contributed by atoms with Crippen molar-refractivity contribution in [1.82, 2.24) is 5.43 Å². The molecular weight excluding hydrogens is 331 g/mol. The van der Waals surface area contributed by atoms with Crippen molar-refractivity contribution in [1.29, 1.82) is 0 Å². The summed E-state index contributed by atoms with van der Waals surface area (Å²) in [5, 5.41) is 2.27. The molecule has 0 radical (unpaired) electrons. The molecule has 0 fully saturated rings. The molecule has 0 amide bonds. The second-order valence-corrected chi connectivity index (χ2v) is 5.69. The zero-order valence-electron chi connectivity index (χ0n) is 11.2. The Morgan fingerprint density at radius 1 is 0.952 bits per heavy atom. The van der Waals surface area contributed by atoms with Gasteiger partial charge >= 0.3 is 0 Å². The van der Waals surface area contributed by atoms with Crippen molar-refractivity contribution in [2.24, 2.45) is 5.84 Å². The predicted molar refractivity (Wildman–Crippen MR) is 87.2 cm³/mol. The smallest absolute Gasteiger partial charge is 0.124 e. The monoisotopic (exact) mass is 344 g/mol. The molecule has 3 rings (SSSR count). The van der Waals surface area contributed by atoms with Crippen LogP contribution in [0.2, 0.25) is 0 Å². The standard InChI is InChI=1S/C17H14BrFN2/c18-16-10-12(19)8-9-15(16)17(21-20)14-7-3-5-11-4-1-2-6-13(11)14/h1-10,17,21H,20H2. The maximum absolute atomic E-state index is 13.3. The molecule has 0 aromatic heterocycles. The summed E-state index contributed by atoms with van der Waals surface area (Å²) in [7, 11) is 0. The van der Waals surface area contributed by atoms with Crippen LogP contribution in [0.25, 0.3) is 10.8 Å². The second kappa shape index (κ2) is 5.93. The number of benzene rings is 3. The molecule has 2 nitrogen and oxygen atoms in total. The number of nitrogens with one attached hydrogen (secondary N) is 1. The van der Waals surface area contributed by atoms with Gasteiger partial charge in [0.15, 0.2) is 0 Å². The van der Waals surface area contributed by atoms with Crippen molar-refractivity contribution in [3.63, 3.8) is 0 Å². The molecular formula is C17H14BrFN2. The number of hydrogen-bond acceptors (Lipinski definition) is 2. The first-order chi connectivity index (χ1) is 10.2. The third-order valence-corrected chi connectivity index (χ3v) is 4.26. The molecule has 1 atom stereocenters. The second-order valence-electron chi connectivity index (χ2n) is 4.83. The fraction of sp³-hybridized carbons (Fsp3) is 0.0588. The van der Waals surface area contributed by atoms with E-state index >= 15 is 0 Å². The highest BCUT2D eigenvalue weighted by atomic mass is 79.9. The van der Waals surface area contributed by atoms with Gasteiger partial charge in [0, 0.05) is 4.47 Å². The minimum absolute atomic E-state index is 0.217. The zero-order valence-corrected chi connectivity index (χ0v) is 12.8. The Labute approximate surface area is 130 Å². The number of rotatable bonds is 3. The van der Waals surface area contributed by atoms with Crippen molar-refractivity contribution in [3.05, 3.63) is 82.1 Å². The first-order valence-corrected chi connectivity index (χ1v) is 7.39. The van der Waals surface area contributed by atoms with Crippen LogP contribution in [0.1, 0.15) is 17.2 Å². The van der Waals surface area contributed by atoms with Crippen LogP contribution >= 0.6 is 15.9 Å². The Morgan fingerprint density at radius 3 is 2.48 bits per heavy atom. The van der Waals surface area contributed by atoms with Crippen LogP contribution in [0.5, 0.6) is 0 Å². The van der Waals surface area contributed by atoms with E-state index in [1.54, 1.807) is 6.07 Å². The van der Waals surface area contributed by atoms with Crippen LogP contribution in [0.3, 0.4) is 0 Å². The minimum atomic E-state index is -0.278. The van der Waals surface area contributed by atoms with Crippen molar-refractivity contribution < 1.29 is 4.39 Å². The number of halogens is 2. The average molecular weight is 345 g/mol. The van der Waals surface area contributed by atoms with Crippen molar-refractivity contribution in [2.75, 3.05) is 0 Å². The van der Waals surface area contributed by atoms with Gasteiger partial charge in [-0.25, -0.2) is 9.82 Å². The topological polar surface area (TPSA) is 38.0 Å². The van der Waals surface area contributed by atoms with Crippen LogP contribution in [0, 0.1) is 5.82 Å². The summed E-state index contributed by atoms with van der Waals surface area (Å²) >= 11 is 3.41. The lowest BCUT2D eigenvalue weighted by atomic mass is 9.94. The lowest BCUT2D eigenvalue weighted by Crippen LogP contribution is -2.29. The van der Waals surface area contributed by atoms with Gasteiger partial charge in [-0.05, 0) is 34.0 Å². The molecule has 1 unspecified atom stereocenters. The van der Waals surface area contributed by atoms with E-state index in [0.717, 1.165) is 21.9 Å². The van der Waals surface area contributed by atoms with E-state index in [0.29, 0.717) is 4.47 Å². The van der Waals surface area contributed by atoms with Crippen LogP contribution in [0.15, 0.2) is 65.1 Å². The van der Waals surface area contributed by atoms with Gasteiger partial charge in [0.25, 0.3) is 0 Å². The first kappa shape index (κ1) is 14.2. The Hall–Kier alpha value is -1.75. The summed E-state index contributed by atoms with van der Waals surface area (Å²) in [5.41, 5.74) is 4.79. The normalized spacial score (nSPS) is 12.5. The van der Waals surface area contributed by atoms with Crippen LogP contribution in [-0.4, -0.2) is 0 Å². The highest BCUT2D eigenvalue weighted by Crippen LogP contribution is 2.32. The molecule has 0 bridgehead atoms. The maximum Gasteiger partial charge on any atom is 0.124 e. The van der Waals surface area contributed by atoms with E-state index in [2.05, 4.69) is 39.6 Å². The highest BCUT2D eigenvalue weighted by Gasteiger charge is 2.17. The molecule has 3 N–H and O–H groups in total. The minimum Gasteiger partial charge on any atom is -0.271 e. The number of fused-ring (bicyclic) bond motifs is 1. The molecule has 0 saturated heterocycles. The van der Waals surface area contributed by atoms with E-state index in [9.17, 15) is 4.39 Å². The lowest BCUT2D eigenvalue weighted by Gasteiger charge is -2.20. The molecule has 106 valence electrons. The van der Waals surface area contributed by atoms with Crippen LogP contribution in [-0.2, 0) is 0 Å². The van der Waals surface area contributed by atoms with Gasteiger partial charge in [0.05, 0.1) is 6.04 Å². The summed E-state index contributed by atoms with van der Waals surface area (Å²) in [4.78, 5) is 0. The van der Waals surface area contributed by atoms with Gasteiger partial charge < -0.3 is 0 Å². The molecule has 4 heteroatoms. The summed E-state index contributed by atoms with van der Waals surface area (Å²) in [6, 6.07) is 18.6. The molecule has 0 saturated carbocycles. The van der Waals surface area contributed by atoms with E-state index in [1.165, 1.54) is 12.1 Å². The van der Waals surface area contributed by atoms with Crippen LogP contribution in [0.4, 0.5) is 4.39 Å². The molecule has 3 aromatic carbocycles. The van der Waals surface area contributed by atoms with E-state index in [-0.39, 0.29) is 11.9 Å². The SMILES string of the molecule is NNC(c1ccc(F)cc1Br)c1cccc2ccccc12. The fourth-order valence-corrected chi connectivity index (χ4v) is 3.16. The molecule has 0 aliphatic carbocycles. The Morgan fingerprint density at radius 2 is 1.71 bits per heavy atom. The lowest BCUT2D eigenvalue weighted by molar-refractivity contribution is 0.614. The molecule has 0 heterocycles. The summed E-state index contributed by atoms with van der Waals surface area (Å²) in [6.07, 6.45) is 0. The predicted octanol–water partition coefficient (Wildman–Crippen LogP) is 4.29. The zero-order chi connectivity index (χ0) is 14.8. The number of nitrogens with two attached hydrogens (primary N) is 1. The highest BCUT2D eigenvalue weighted by molar-refractivity contribution is 9.10. The van der Waals surface area contributed by atoms with Crippen molar-refractivity contribution in [3.8, 4) is 0 Å². The van der Waals surface area contributed by atoms with Gasteiger partial charge in [-0.3, -0.25) is 5.84 Å². The summed E-state index contributed by atoms with van der Waals surface area (Å²) in [5.74, 6) is 5.49. The van der Waals surface area contributed by atoms with Gasteiger partial charge in [-0.15, -0.1) is 0 Å². The van der Waals surface area contributed by atoms with Gasteiger partial charge in [-0.2, -0.15) is 0 Å². The Balaban J connectivity index is 2.18. The molecule has 0 spiro atoms. The third kappa shape index (κ3) is 2.70. The molecule has 0 aliphatic heterocycles. The third-order valence-electron chi connectivity index (χ3n) is 3.57. The molecule has 3 aromatic rings. The van der Waals surface area contributed by atoms with Crippen LogP contribution < -0.4 is 11.3 Å². The Bertz CT molecular complexity index is 783. The fourth-order valence-electron chi connectivity index (χ4n) is 2.58. The molecule has 21 heavy (non-hydrogen) atoms. The number of hydrazine groups is 1. The maximum atomic E-state index is 13.3. The van der Waals surface area contributed by atoms with Crippen molar-refractivity contribution >= 4 is 26.7 Å². The largest absolute Gasteiger partial charge is 0.271 e. The van der Waals surface area contributed by atoms with Gasteiger partial charge in [0.2, 0.25) is 0 Å². The van der Waals surface area contributed by atoms with E-state index < -0.39 is 0 Å². The molecule has 0 aliphatic rings. The first-order valence-electron chi connectivity index (χ1n) is 6.59. The average Bonchev–Trinajstić information content (AvgIpc) is 2.50. The quantitative estimate of drug-likeness (QED) is 0.549. The summed E-state index contributed by atoms with van der Waals surface area (Å²) < 4.78 is 14.0. The van der Waals surface area contributed by atoms with E-state index in [1.807, 2.05) is 24.3 Å². The van der Waals surface area contributed by atoms with Gasteiger partial charge in [0.1, 0.15) is 5.82 Å². The Kier molecular flexibility index (Phi) is 4.01. The van der Waals surface area contributed by atoms with E-state index in [4.69, 9.17) is 5.84 Å².